The van der Waals surface area contributed by atoms with E-state index in [1.54, 1.807) is 24.3 Å². The van der Waals surface area contributed by atoms with E-state index < -0.39 is 0 Å². The molecule has 0 spiro atoms. The molecule has 8 nitrogen and oxygen atoms in total. The Morgan fingerprint density at radius 2 is 2.00 bits per heavy atom. The van der Waals surface area contributed by atoms with E-state index in [0.717, 1.165) is 12.8 Å². The summed E-state index contributed by atoms with van der Waals surface area (Å²) < 4.78 is 22.6. The lowest BCUT2D eigenvalue weighted by Crippen LogP contribution is -2.26. The van der Waals surface area contributed by atoms with Gasteiger partial charge in [0, 0.05) is 25.0 Å². The maximum atomic E-state index is 10.1. The van der Waals surface area contributed by atoms with Crippen LogP contribution in [0.5, 0.6) is 23.0 Å². The third-order valence-corrected chi connectivity index (χ3v) is 5.20. The van der Waals surface area contributed by atoms with Crippen LogP contribution in [-0.4, -0.2) is 41.2 Å². The van der Waals surface area contributed by atoms with Crippen LogP contribution in [0.4, 0.5) is 11.5 Å². The Morgan fingerprint density at radius 3 is 2.86 bits per heavy atom. The van der Waals surface area contributed by atoms with Crippen molar-refractivity contribution in [3.8, 4) is 23.0 Å². The van der Waals surface area contributed by atoms with E-state index in [-0.39, 0.29) is 18.6 Å². The van der Waals surface area contributed by atoms with Crippen LogP contribution in [0.15, 0.2) is 30.6 Å². The van der Waals surface area contributed by atoms with Gasteiger partial charge in [0.1, 0.15) is 35.4 Å². The van der Waals surface area contributed by atoms with Gasteiger partial charge in [0.15, 0.2) is 11.5 Å². The SMILES string of the molecule is Oc1cc(OC2CCOCC2)c2c(Nc3c(Cl)ccc4c3OCO4)ncnc2c1. The molecule has 9 heteroatoms. The second kappa shape index (κ2) is 7.46. The maximum Gasteiger partial charge on any atom is 0.231 e. The molecule has 0 aliphatic carbocycles. The Labute approximate surface area is 171 Å². The van der Waals surface area contributed by atoms with E-state index in [0.29, 0.717) is 57.9 Å². The quantitative estimate of drug-likeness (QED) is 0.659. The monoisotopic (exact) mass is 415 g/mol. The van der Waals surface area contributed by atoms with Gasteiger partial charge in [-0.3, -0.25) is 0 Å². The highest BCUT2D eigenvalue weighted by Gasteiger charge is 2.23. The first-order valence-electron chi connectivity index (χ1n) is 9.26. The molecule has 2 aromatic carbocycles. The number of rotatable bonds is 4. The van der Waals surface area contributed by atoms with Crippen LogP contribution in [0.1, 0.15) is 12.8 Å². The maximum absolute atomic E-state index is 10.1. The number of halogens is 1. The smallest absolute Gasteiger partial charge is 0.231 e. The molecule has 1 fully saturated rings. The first-order valence-corrected chi connectivity index (χ1v) is 9.64. The predicted octanol–water partition coefficient (Wildman–Crippen LogP) is 4.02. The zero-order valence-electron chi connectivity index (χ0n) is 15.4. The molecule has 29 heavy (non-hydrogen) atoms. The summed E-state index contributed by atoms with van der Waals surface area (Å²) in [7, 11) is 0. The van der Waals surface area contributed by atoms with Crippen molar-refractivity contribution in [3.63, 3.8) is 0 Å². The minimum atomic E-state index is -0.0110. The van der Waals surface area contributed by atoms with Crippen LogP contribution < -0.4 is 19.5 Å². The van der Waals surface area contributed by atoms with E-state index >= 15 is 0 Å². The van der Waals surface area contributed by atoms with Crippen LogP contribution in [0.2, 0.25) is 5.02 Å². The van der Waals surface area contributed by atoms with Crippen LogP contribution in [0.3, 0.4) is 0 Å². The second-order valence-electron chi connectivity index (χ2n) is 6.77. The molecule has 5 rings (SSSR count). The highest BCUT2D eigenvalue weighted by Crippen LogP contribution is 2.46. The number of phenolic OH excluding ortho intramolecular Hbond substituents is 1. The molecule has 0 bridgehead atoms. The van der Waals surface area contributed by atoms with Gasteiger partial charge in [0.05, 0.1) is 29.1 Å². The van der Waals surface area contributed by atoms with Gasteiger partial charge < -0.3 is 29.4 Å². The Kier molecular flexibility index (Phi) is 4.65. The third-order valence-electron chi connectivity index (χ3n) is 4.88. The van der Waals surface area contributed by atoms with E-state index in [2.05, 4.69) is 15.3 Å². The number of ether oxygens (including phenoxy) is 4. The summed E-state index contributed by atoms with van der Waals surface area (Å²) in [6.07, 6.45) is 2.95. The average molecular weight is 416 g/mol. The number of nitrogens with one attached hydrogen (secondary N) is 1. The number of hydrogen-bond acceptors (Lipinski definition) is 8. The lowest BCUT2D eigenvalue weighted by atomic mass is 10.1. The Morgan fingerprint density at radius 1 is 1.14 bits per heavy atom. The molecule has 150 valence electrons. The van der Waals surface area contributed by atoms with E-state index in [1.165, 1.54) is 6.33 Å². The van der Waals surface area contributed by atoms with Gasteiger partial charge in [-0.15, -0.1) is 0 Å². The number of aromatic hydroxyl groups is 1. The van der Waals surface area contributed by atoms with Gasteiger partial charge in [0.2, 0.25) is 6.79 Å². The number of aromatic nitrogens is 2. The first-order chi connectivity index (χ1) is 14.2. The number of nitrogens with zero attached hydrogens (tertiary/aromatic N) is 2. The highest BCUT2D eigenvalue weighted by atomic mass is 35.5. The van der Waals surface area contributed by atoms with Gasteiger partial charge in [-0.25, -0.2) is 9.97 Å². The van der Waals surface area contributed by atoms with Gasteiger partial charge in [-0.05, 0) is 12.1 Å². The minimum absolute atomic E-state index is 0.0110. The molecule has 0 unspecified atom stereocenters. The molecule has 2 N–H and O–H groups in total. The molecule has 0 amide bonds. The Bertz CT molecular complexity index is 1070. The lowest BCUT2D eigenvalue weighted by molar-refractivity contribution is 0.0261. The summed E-state index contributed by atoms with van der Waals surface area (Å²) in [6, 6.07) is 6.62. The summed E-state index contributed by atoms with van der Waals surface area (Å²) in [4.78, 5) is 8.68. The molecule has 1 saturated heterocycles. The molecule has 1 aromatic heterocycles. The van der Waals surface area contributed by atoms with E-state index in [1.807, 2.05) is 0 Å². The van der Waals surface area contributed by atoms with Gasteiger partial charge in [0.25, 0.3) is 0 Å². The van der Waals surface area contributed by atoms with Crippen LogP contribution in [0.25, 0.3) is 10.9 Å². The van der Waals surface area contributed by atoms with Crippen molar-refractivity contribution < 1.29 is 24.1 Å². The van der Waals surface area contributed by atoms with Crippen molar-refractivity contribution in [3.05, 3.63) is 35.6 Å². The number of benzene rings is 2. The molecule has 0 radical (unpaired) electrons. The fourth-order valence-corrected chi connectivity index (χ4v) is 3.68. The molecule has 0 atom stereocenters. The van der Waals surface area contributed by atoms with Gasteiger partial charge in [-0.1, -0.05) is 11.6 Å². The fourth-order valence-electron chi connectivity index (χ4n) is 3.48. The molecule has 3 aromatic rings. The van der Waals surface area contributed by atoms with Crippen LogP contribution >= 0.6 is 11.6 Å². The normalized spacial score (nSPS) is 16.2. The largest absolute Gasteiger partial charge is 0.508 e. The zero-order chi connectivity index (χ0) is 19.8. The highest BCUT2D eigenvalue weighted by molar-refractivity contribution is 6.34. The van der Waals surface area contributed by atoms with Crippen LogP contribution in [0, 0.1) is 0 Å². The summed E-state index contributed by atoms with van der Waals surface area (Å²) in [5.74, 6) is 2.18. The molecule has 3 heterocycles. The molecule has 2 aliphatic heterocycles. The predicted molar refractivity (Wildman–Crippen MR) is 107 cm³/mol. The molecular weight excluding hydrogens is 398 g/mol. The number of hydrogen-bond donors (Lipinski definition) is 2. The summed E-state index contributed by atoms with van der Waals surface area (Å²) >= 11 is 6.40. The van der Waals surface area contributed by atoms with E-state index in [9.17, 15) is 5.11 Å². The van der Waals surface area contributed by atoms with Crippen molar-refractivity contribution >= 4 is 34.0 Å². The van der Waals surface area contributed by atoms with Crippen molar-refractivity contribution in [2.45, 2.75) is 18.9 Å². The van der Waals surface area contributed by atoms with Crippen LogP contribution in [-0.2, 0) is 4.74 Å². The Hall–Kier alpha value is -2.97. The number of anilines is 2. The average Bonchev–Trinajstić information content (AvgIpc) is 3.20. The van der Waals surface area contributed by atoms with Crippen molar-refractivity contribution in [2.24, 2.45) is 0 Å². The summed E-state index contributed by atoms with van der Waals surface area (Å²) in [6.45, 7) is 1.42. The fraction of sp³-hybridized carbons (Fsp3) is 0.300. The standard InChI is InChI=1S/C20H18ClN3O5/c21-13-1-2-15-19(28-10-27-15)18(13)24-20-17-14(22-9-23-20)7-11(25)8-16(17)29-12-3-5-26-6-4-12/h1-2,7-9,12,25H,3-6,10H2,(H,22,23,24). The topological polar surface area (TPSA) is 95.0 Å². The first kappa shape index (κ1) is 18.1. The Balaban J connectivity index is 1.59. The van der Waals surface area contributed by atoms with Crippen molar-refractivity contribution in [1.82, 2.24) is 9.97 Å². The van der Waals surface area contributed by atoms with E-state index in [4.69, 9.17) is 30.5 Å². The molecule has 2 aliphatic rings. The molecular formula is C20H18ClN3O5. The zero-order valence-corrected chi connectivity index (χ0v) is 16.1. The van der Waals surface area contributed by atoms with Gasteiger partial charge >= 0.3 is 0 Å². The number of fused-ring (bicyclic) bond motifs is 2. The number of phenols is 1. The summed E-state index contributed by atoms with van der Waals surface area (Å²) in [5, 5.41) is 14.5. The third kappa shape index (κ3) is 3.45. The van der Waals surface area contributed by atoms with Crippen molar-refractivity contribution in [2.75, 3.05) is 25.3 Å². The van der Waals surface area contributed by atoms with Crippen molar-refractivity contribution in [1.29, 1.82) is 0 Å². The minimum Gasteiger partial charge on any atom is -0.508 e. The molecule has 0 saturated carbocycles. The summed E-state index contributed by atoms with van der Waals surface area (Å²) in [5.41, 5.74) is 1.09. The van der Waals surface area contributed by atoms with Gasteiger partial charge in [-0.2, -0.15) is 0 Å². The lowest BCUT2D eigenvalue weighted by Gasteiger charge is -2.24. The second-order valence-corrected chi connectivity index (χ2v) is 7.18.